The molecule has 1 rings (SSSR count). The molecule has 17 heavy (non-hydrogen) atoms. The molecule has 0 amide bonds. The quantitative estimate of drug-likeness (QED) is 0.746. The SMILES string of the molecule is Cc1cccc(S(=O)(=O)NCCCN)c1C#N. The average Bonchev–Trinajstić information content (AvgIpc) is 2.29. The Morgan fingerprint density at radius 2 is 2.18 bits per heavy atom. The second-order valence-corrected chi connectivity index (χ2v) is 5.34. The van der Waals surface area contributed by atoms with Gasteiger partial charge in [-0.05, 0) is 31.5 Å². The van der Waals surface area contributed by atoms with E-state index in [-0.39, 0.29) is 17.0 Å². The Morgan fingerprint density at radius 3 is 2.76 bits per heavy atom. The van der Waals surface area contributed by atoms with Crippen molar-refractivity contribution in [3.05, 3.63) is 29.3 Å². The molecule has 1 aromatic rings. The molecule has 0 bridgehead atoms. The average molecular weight is 253 g/mol. The lowest BCUT2D eigenvalue weighted by Gasteiger charge is -2.08. The van der Waals surface area contributed by atoms with Gasteiger partial charge in [0.15, 0.2) is 0 Å². The molecule has 0 fully saturated rings. The van der Waals surface area contributed by atoms with Gasteiger partial charge in [-0.15, -0.1) is 0 Å². The first-order chi connectivity index (χ1) is 8.03. The summed E-state index contributed by atoms with van der Waals surface area (Å²) >= 11 is 0. The summed E-state index contributed by atoms with van der Waals surface area (Å²) in [6.07, 6.45) is 0.562. The van der Waals surface area contributed by atoms with Crippen LogP contribution >= 0.6 is 0 Å². The van der Waals surface area contributed by atoms with Crippen molar-refractivity contribution >= 4 is 10.0 Å². The van der Waals surface area contributed by atoms with Crippen molar-refractivity contribution in [2.75, 3.05) is 13.1 Å². The first-order valence-corrected chi connectivity index (χ1v) is 6.70. The summed E-state index contributed by atoms with van der Waals surface area (Å²) < 4.78 is 26.3. The number of sulfonamides is 1. The highest BCUT2D eigenvalue weighted by Gasteiger charge is 2.18. The Hall–Kier alpha value is -1.42. The summed E-state index contributed by atoms with van der Waals surface area (Å²) in [6.45, 7) is 2.40. The Labute approximate surface area is 101 Å². The van der Waals surface area contributed by atoms with Gasteiger partial charge in [0.25, 0.3) is 0 Å². The van der Waals surface area contributed by atoms with Gasteiger partial charge in [0.05, 0.1) is 10.5 Å². The largest absolute Gasteiger partial charge is 0.330 e. The number of nitriles is 1. The van der Waals surface area contributed by atoms with Crippen LogP contribution in [0.1, 0.15) is 17.5 Å². The van der Waals surface area contributed by atoms with Crippen LogP contribution in [0.5, 0.6) is 0 Å². The maximum atomic E-state index is 11.9. The van der Waals surface area contributed by atoms with Gasteiger partial charge in [-0.2, -0.15) is 5.26 Å². The minimum absolute atomic E-state index is 0.0250. The summed E-state index contributed by atoms with van der Waals surface area (Å²) in [7, 11) is -3.63. The Morgan fingerprint density at radius 1 is 1.47 bits per heavy atom. The van der Waals surface area contributed by atoms with E-state index < -0.39 is 10.0 Å². The van der Waals surface area contributed by atoms with E-state index in [0.29, 0.717) is 18.5 Å². The number of nitrogens with one attached hydrogen (secondary N) is 1. The van der Waals surface area contributed by atoms with Crippen molar-refractivity contribution in [1.29, 1.82) is 5.26 Å². The van der Waals surface area contributed by atoms with Gasteiger partial charge < -0.3 is 5.73 Å². The summed E-state index contributed by atoms with van der Waals surface area (Å²) in [5.41, 5.74) is 6.12. The molecule has 6 heteroatoms. The van der Waals surface area contributed by atoms with Crippen LogP contribution in [0.4, 0.5) is 0 Å². The topological polar surface area (TPSA) is 96.0 Å². The molecule has 0 atom stereocenters. The predicted octanol–water partition coefficient (Wildman–Crippen LogP) is 0.494. The highest BCUT2D eigenvalue weighted by molar-refractivity contribution is 7.89. The van der Waals surface area contributed by atoms with Gasteiger partial charge in [-0.3, -0.25) is 0 Å². The lowest BCUT2D eigenvalue weighted by Crippen LogP contribution is -2.27. The maximum Gasteiger partial charge on any atom is 0.241 e. The third kappa shape index (κ3) is 3.27. The molecule has 0 aliphatic carbocycles. The van der Waals surface area contributed by atoms with E-state index >= 15 is 0 Å². The first kappa shape index (κ1) is 13.6. The Kier molecular flexibility index (Phi) is 4.63. The molecule has 0 saturated carbocycles. The minimum Gasteiger partial charge on any atom is -0.330 e. The second kappa shape index (κ2) is 5.77. The molecule has 0 heterocycles. The van der Waals surface area contributed by atoms with E-state index in [0.717, 1.165) is 0 Å². The molecule has 3 N–H and O–H groups in total. The van der Waals surface area contributed by atoms with Gasteiger partial charge in [0, 0.05) is 6.54 Å². The van der Waals surface area contributed by atoms with E-state index in [1.54, 1.807) is 19.1 Å². The van der Waals surface area contributed by atoms with Crippen LogP contribution in [0.25, 0.3) is 0 Å². The van der Waals surface area contributed by atoms with Crippen LogP contribution in [0.2, 0.25) is 0 Å². The van der Waals surface area contributed by atoms with Crippen LogP contribution in [0, 0.1) is 18.3 Å². The smallest absolute Gasteiger partial charge is 0.241 e. The standard InChI is InChI=1S/C11H15N3O2S/c1-9-4-2-5-11(10(9)8-13)17(15,16)14-7-3-6-12/h2,4-5,14H,3,6-7,12H2,1H3. The molecule has 0 aliphatic rings. The molecule has 5 nitrogen and oxygen atoms in total. The number of hydrogen-bond donors (Lipinski definition) is 2. The van der Waals surface area contributed by atoms with Gasteiger partial charge in [0.2, 0.25) is 10.0 Å². The van der Waals surface area contributed by atoms with Crippen LogP contribution < -0.4 is 10.5 Å². The molecule has 0 aromatic heterocycles. The summed E-state index contributed by atoms with van der Waals surface area (Å²) in [6, 6.07) is 6.67. The fourth-order valence-electron chi connectivity index (χ4n) is 1.39. The lowest BCUT2D eigenvalue weighted by atomic mass is 10.1. The Bertz CT molecular complexity index is 532. The van der Waals surface area contributed by atoms with Gasteiger partial charge in [-0.1, -0.05) is 12.1 Å². The van der Waals surface area contributed by atoms with E-state index in [2.05, 4.69) is 4.72 Å². The molecule has 0 aliphatic heterocycles. The van der Waals surface area contributed by atoms with Crippen molar-refractivity contribution in [3.63, 3.8) is 0 Å². The Balaban J connectivity index is 3.08. The number of nitrogens with two attached hydrogens (primary N) is 1. The van der Waals surface area contributed by atoms with E-state index in [1.165, 1.54) is 6.07 Å². The van der Waals surface area contributed by atoms with Crippen LogP contribution in [-0.4, -0.2) is 21.5 Å². The van der Waals surface area contributed by atoms with E-state index in [4.69, 9.17) is 11.0 Å². The molecule has 1 aromatic carbocycles. The van der Waals surface area contributed by atoms with E-state index in [1.807, 2.05) is 6.07 Å². The van der Waals surface area contributed by atoms with Gasteiger partial charge >= 0.3 is 0 Å². The number of benzene rings is 1. The summed E-state index contributed by atoms with van der Waals surface area (Å²) in [5, 5.41) is 8.97. The predicted molar refractivity (Wildman–Crippen MR) is 64.8 cm³/mol. The van der Waals surface area contributed by atoms with Crippen molar-refractivity contribution in [1.82, 2.24) is 4.72 Å². The minimum atomic E-state index is -3.63. The molecule has 0 unspecified atom stereocenters. The van der Waals surface area contributed by atoms with Crippen molar-refractivity contribution < 1.29 is 8.42 Å². The molecular weight excluding hydrogens is 238 g/mol. The van der Waals surface area contributed by atoms with Gasteiger partial charge in [0.1, 0.15) is 6.07 Å². The van der Waals surface area contributed by atoms with Crippen molar-refractivity contribution in [3.8, 4) is 6.07 Å². The summed E-state index contributed by atoms with van der Waals surface area (Å²) in [4.78, 5) is 0.0250. The monoisotopic (exact) mass is 253 g/mol. The molecule has 0 spiro atoms. The van der Waals surface area contributed by atoms with Crippen molar-refractivity contribution in [2.24, 2.45) is 5.73 Å². The molecule has 0 saturated heterocycles. The van der Waals surface area contributed by atoms with Crippen molar-refractivity contribution in [2.45, 2.75) is 18.2 Å². The van der Waals surface area contributed by atoms with Crippen LogP contribution in [-0.2, 0) is 10.0 Å². The zero-order chi connectivity index (χ0) is 12.9. The molecule has 0 radical (unpaired) electrons. The fourth-order valence-corrected chi connectivity index (χ4v) is 2.70. The second-order valence-electron chi connectivity index (χ2n) is 3.60. The third-order valence-corrected chi connectivity index (χ3v) is 3.81. The highest BCUT2D eigenvalue weighted by atomic mass is 32.2. The third-order valence-electron chi connectivity index (χ3n) is 2.31. The first-order valence-electron chi connectivity index (χ1n) is 5.22. The molecular formula is C11H15N3O2S. The zero-order valence-corrected chi connectivity index (χ0v) is 10.4. The van der Waals surface area contributed by atoms with Gasteiger partial charge in [-0.25, -0.2) is 13.1 Å². The number of aryl methyl sites for hydroxylation is 1. The highest BCUT2D eigenvalue weighted by Crippen LogP contribution is 2.18. The fraction of sp³-hybridized carbons (Fsp3) is 0.364. The number of nitrogens with zero attached hydrogens (tertiary/aromatic N) is 1. The van der Waals surface area contributed by atoms with Crippen LogP contribution in [0.3, 0.4) is 0 Å². The lowest BCUT2D eigenvalue weighted by molar-refractivity contribution is 0.579. The number of rotatable bonds is 5. The van der Waals surface area contributed by atoms with E-state index in [9.17, 15) is 8.42 Å². The number of hydrogen-bond acceptors (Lipinski definition) is 4. The zero-order valence-electron chi connectivity index (χ0n) is 9.60. The summed E-state index contributed by atoms with van der Waals surface area (Å²) in [5.74, 6) is 0. The molecule has 92 valence electrons. The van der Waals surface area contributed by atoms with Crippen LogP contribution in [0.15, 0.2) is 23.1 Å². The normalized spacial score (nSPS) is 11.1. The maximum absolute atomic E-state index is 11.9.